The Morgan fingerprint density at radius 1 is 1.25 bits per heavy atom. The van der Waals surface area contributed by atoms with Crippen LogP contribution in [-0.2, 0) is 18.2 Å². The second-order valence-electron chi connectivity index (χ2n) is 7.67. The second-order valence-corrected chi connectivity index (χ2v) is 7.67. The molecule has 1 unspecified atom stereocenters. The van der Waals surface area contributed by atoms with Gasteiger partial charge in [0, 0.05) is 26.8 Å². The standard InChI is InChI=1S/C20H29N5O3/c1-20(2,3)28-19(27)25(5)17(11-15-9-7-6-8-10-15)13-21-18(26)23-16-12-22-24(4)14-16/h6-10,12,14,17H,11,13H2,1-5H3,(H2,21,23,26). The summed E-state index contributed by atoms with van der Waals surface area (Å²) in [7, 11) is 3.46. The van der Waals surface area contributed by atoms with E-state index in [2.05, 4.69) is 15.7 Å². The average molecular weight is 387 g/mol. The summed E-state index contributed by atoms with van der Waals surface area (Å²) in [6.07, 6.45) is 3.42. The molecule has 2 aromatic rings. The van der Waals surface area contributed by atoms with Crippen molar-refractivity contribution in [1.82, 2.24) is 20.0 Å². The van der Waals surface area contributed by atoms with Crippen molar-refractivity contribution in [2.75, 3.05) is 18.9 Å². The van der Waals surface area contributed by atoms with Gasteiger partial charge in [0.05, 0.1) is 17.9 Å². The molecule has 0 saturated heterocycles. The molecule has 0 radical (unpaired) electrons. The topological polar surface area (TPSA) is 88.5 Å². The van der Waals surface area contributed by atoms with E-state index in [0.717, 1.165) is 5.56 Å². The van der Waals surface area contributed by atoms with Gasteiger partial charge in [-0.25, -0.2) is 9.59 Å². The van der Waals surface area contributed by atoms with Crippen molar-refractivity contribution in [2.45, 2.75) is 38.8 Å². The predicted octanol–water partition coefficient (Wildman–Crippen LogP) is 3.02. The van der Waals surface area contributed by atoms with E-state index in [-0.39, 0.29) is 18.6 Å². The van der Waals surface area contributed by atoms with Crippen molar-refractivity contribution >= 4 is 17.8 Å². The number of hydrogen-bond donors (Lipinski definition) is 2. The minimum absolute atomic E-state index is 0.267. The molecule has 0 aliphatic heterocycles. The quantitative estimate of drug-likeness (QED) is 0.797. The van der Waals surface area contributed by atoms with Crippen LogP contribution in [0.4, 0.5) is 15.3 Å². The Kier molecular flexibility index (Phi) is 7.03. The van der Waals surface area contributed by atoms with Crippen LogP contribution < -0.4 is 10.6 Å². The van der Waals surface area contributed by atoms with E-state index in [4.69, 9.17) is 4.74 Å². The number of anilines is 1. The molecule has 3 amide bonds. The van der Waals surface area contributed by atoms with Crippen LogP contribution in [0.15, 0.2) is 42.7 Å². The molecule has 0 saturated carbocycles. The summed E-state index contributed by atoms with van der Waals surface area (Å²) in [5.41, 5.74) is 1.07. The minimum Gasteiger partial charge on any atom is -0.444 e. The van der Waals surface area contributed by atoms with E-state index in [0.29, 0.717) is 12.1 Å². The van der Waals surface area contributed by atoms with Gasteiger partial charge in [0.25, 0.3) is 0 Å². The van der Waals surface area contributed by atoms with Gasteiger partial charge in [-0.3, -0.25) is 4.68 Å². The van der Waals surface area contributed by atoms with Crippen LogP contribution in [0.3, 0.4) is 0 Å². The number of likely N-dealkylation sites (N-methyl/N-ethyl adjacent to an activating group) is 1. The lowest BCUT2D eigenvalue weighted by Gasteiger charge is -2.31. The second kappa shape index (κ2) is 9.25. The van der Waals surface area contributed by atoms with Gasteiger partial charge in [0.15, 0.2) is 0 Å². The van der Waals surface area contributed by atoms with Crippen LogP contribution in [-0.4, -0.2) is 52.0 Å². The Hall–Kier alpha value is -3.03. The maximum atomic E-state index is 12.5. The van der Waals surface area contributed by atoms with Crippen LogP contribution >= 0.6 is 0 Å². The summed E-state index contributed by atoms with van der Waals surface area (Å²) in [6, 6.07) is 9.19. The van der Waals surface area contributed by atoms with Crippen molar-refractivity contribution in [2.24, 2.45) is 7.05 Å². The van der Waals surface area contributed by atoms with Crippen LogP contribution in [0.2, 0.25) is 0 Å². The molecule has 2 rings (SSSR count). The molecule has 0 aliphatic rings. The first kappa shape index (κ1) is 21.3. The van der Waals surface area contributed by atoms with E-state index in [1.165, 1.54) is 4.90 Å². The lowest BCUT2D eigenvalue weighted by molar-refractivity contribution is 0.0223. The lowest BCUT2D eigenvalue weighted by atomic mass is 10.1. The van der Waals surface area contributed by atoms with Crippen LogP contribution in [0.5, 0.6) is 0 Å². The number of nitrogens with zero attached hydrogens (tertiary/aromatic N) is 3. The van der Waals surface area contributed by atoms with Crippen LogP contribution in [0, 0.1) is 0 Å². The Bertz CT molecular complexity index is 783. The molecular formula is C20H29N5O3. The van der Waals surface area contributed by atoms with Gasteiger partial charge in [-0.2, -0.15) is 5.10 Å². The monoisotopic (exact) mass is 387 g/mol. The molecular weight excluding hydrogens is 358 g/mol. The molecule has 8 heteroatoms. The maximum absolute atomic E-state index is 12.5. The fraction of sp³-hybridized carbons (Fsp3) is 0.450. The van der Waals surface area contributed by atoms with Crippen LogP contribution in [0.25, 0.3) is 0 Å². The Labute approximate surface area is 165 Å². The highest BCUT2D eigenvalue weighted by molar-refractivity contribution is 5.88. The Morgan fingerprint density at radius 2 is 1.93 bits per heavy atom. The zero-order valence-corrected chi connectivity index (χ0v) is 17.1. The number of carbonyl (C=O) groups excluding carboxylic acids is 2. The fourth-order valence-electron chi connectivity index (χ4n) is 2.59. The average Bonchev–Trinajstić information content (AvgIpc) is 3.02. The predicted molar refractivity (Wildman–Crippen MR) is 108 cm³/mol. The molecule has 0 spiro atoms. The third-order valence-electron chi connectivity index (χ3n) is 4.00. The number of urea groups is 1. The van der Waals surface area contributed by atoms with Gasteiger partial charge in [-0.1, -0.05) is 30.3 Å². The fourth-order valence-corrected chi connectivity index (χ4v) is 2.59. The highest BCUT2D eigenvalue weighted by Gasteiger charge is 2.26. The molecule has 8 nitrogen and oxygen atoms in total. The smallest absolute Gasteiger partial charge is 0.410 e. The highest BCUT2D eigenvalue weighted by Crippen LogP contribution is 2.13. The molecule has 1 aromatic heterocycles. The van der Waals surface area contributed by atoms with E-state index >= 15 is 0 Å². The van der Waals surface area contributed by atoms with E-state index < -0.39 is 11.7 Å². The number of hydrogen-bond acceptors (Lipinski definition) is 4. The number of benzene rings is 1. The van der Waals surface area contributed by atoms with E-state index in [1.807, 2.05) is 51.1 Å². The highest BCUT2D eigenvalue weighted by atomic mass is 16.6. The van der Waals surface area contributed by atoms with Gasteiger partial charge in [0.1, 0.15) is 5.60 Å². The van der Waals surface area contributed by atoms with Crippen LogP contribution in [0.1, 0.15) is 26.3 Å². The van der Waals surface area contributed by atoms with Crippen molar-refractivity contribution in [3.63, 3.8) is 0 Å². The number of rotatable bonds is 6. The first-order valence-corrected chi connectivity index (χ1v) is 9.17. The first-order chi connectivity index (χ1) is 13.1. The molecule has 0 bridgehead atoms. The number of aromatic nitrogens is 2. The zero-order valence-electron chi connectivity index (χ0n) is 17.1. The zero-order chi connectivity index (χ0) is 20.7. The molecule has 0 aliphatic carbocycles. The van der Waals surface area contributed by atoms with Gasteiger partial charge in [-0.05, 0) is 32.8 Å². The molecule has 1 aromatic carbocycles. The molecule has 2 N–H and O–H groups in total. The maximum Gasteiger partial charge on any atom is 0.410 e. The van der Waals surface area contributed by atoms with Gasteiger partial charge in [0.2, 0.25) is 0 Å². The molecule has 28 heavy (non-hydrogen) atoms. The lowest BCUT2D eigenvalue weighted by Crippen LogP contribution is -2.48. The summed E-state index contributed by atoms with van der Waals surface area (Å²) < 4.78 is 7.07. The Balaban J connectivity index is 2.02. The number of aryl methyl sites for hydroxylation is 1. The number of nitrogens with one attached hydrogen (secondary N) is 2. The summed E-state index contributed by atoms with van der Waals surface area (Å²) in [6.45, 7) is 5.75. The number of amides is 3. The van der Waals surface area contributed by atoms with Crippen molar-refractivity contribution in [3.8, 4) is 0 Å². The third kappa shape index (κ3) is 6.94. The molecule has 152 valence electrons. The van der Waals surface area contributed by atoms with E-state index in [9.17, 15) is 9.59 Å². The first-order valence-electron chi connectivity index (χ1n) is 9.17. The number of carbonyl (C=O) groups is 2. The Morgan fingerprint density at radius 3 is 2.50 bits per heavy atom. The summed E-state index contributed by atoms with van der Waals surface area (Å²) >= 11 is 0. The third-order valence-corrected chi connectivity index (χ3v) is 4.00. The molecule has 0 fully saturated rings. The summed E-state index contributed by atoms with van der Waals surface area (Å²) in [4.78, 5) is 26.2. The van der Waals surface area contributed by atoms with Gasteiger partial charge >= 0.3 is 12.1 Å². The molecule has 1 heterocycles. The number of ether oxygens (including phenoxy) is 1. The normalized spacial score (nSPS) is 12.2. The SMILES string of the molecule is CN(C(=O)OC(C)(C)C)C(CNC(=O)Nc1cnn(C)c1)Cc1ccccc1. The molecule has 1 atom stereocenters. The summed E-state index contributed by atoms with van der Waals surface area (Å²) in [5.74, 6) is 0. The summed E-state index contributed by atoms with van der Waals surface area (Å²) in [5, 5.41) is 9.55. The minimum atomic E-state index is -0.590. The van der Waals surface area contributed by atoms with Gasteiger partial charge < -0.3 is 20.3 Å². The largest absolute Gasteiger partial charge is 0.444 e. The van der Waals surface area contributed by atoms with Gasteiger partial charge in [-0.15, -0.1) is 0 Å². The van der Waals surface area contributed by atoms with Crippen molar-refractivity contribution < 1.29 is 14.3 Å². The van der Waals surface area contributed by atoms with Crippen molar-refractivity contribution in [3.05, 3.63) is 48.3 Å². The van der Waals surface area contributed by atoms with E-state index in [1.54, 1.807) is 31.2 Å². The van der Waals surface area contributed by atoms with Crippen molar-refractivity contribution in [1.29, 1.82) is 0 Å².